The first-order valence-electron chi connectivity index (χ1n) is 6.74. The Bertz CT molecular complexity index is 482. The van der Waals surface area contributed by atoms with Gasteiger partial charge >= 0.3 is 5.97 Å². The van der Waals surface area contributed by atoms with Crippen LogP contribution in [0.3, 0.4) is 0 Å². The second kappa shape index (κ2) is 6.05. The van der Waals surface area contributed by atoms with Crippen molar-refractivity contribution in [3.8, 4) is 0 Å². The summed E-state index contributed by atoms with van der Waals surface area (Å²) in [6.45, 7) is 1.96. The van der Waals surface area contributed by atoms with Gasteiger partial charge in [-0.15, -0.1) is 0 Å². The summed E-state index contributed by atoms with van der Waals surface area (Å²) in [5, 5.41) is 11.8. The Labute approximate surface area is 117 Å². The number of hydrogen-bond donors (Lipinski definition) is 2. The highest BCUT2D eigenvalue weighted by Crippen LogP contribution is 2.32. The highest BCUT2D eigenvalue weighted by atomic mass is 16.5. The zero-order chi connectivity index (χ0) is 14.6. The molecule has 2 N–H and O–H groups in total. The molecule has 0 saturated heterocycles. The van der Waals surface area contributed by atoms with Gasteiger partial charge in [0.05, 0.1) is 6.61 Å². The number of aliphatic carboxylic acids is 1. The lowest BCUT2D eigenvalue weighted by atomic mass is 9.76. The number of ether oxygens (including phenoxy) is 1. The van der Waals surface area contributed by atoms with Gasteiger partial charge in [0.1, 0.15) is 11.6 Å². The topological polar surface area (TPSA) is 75.6 Å². The van der Waals surface area contributed by atoms with Crippen LogP contribution in [0, 0.1) is 0 Å². The fraction of sp³-hybridized carbons (Fsp3) is 0.467. The normalized spacial score (nSPS) is 17.9. The van der Waals surface area contributed by atoms with Crippen LogP contribution < -0.4 is 5.32 Å². The molecule has 5 nitrogen and oxygen atoms in total. The quantitative estimate of drug-likeness (QED) is 0.830. The van der Waals surface area contributed by atoms with Crippen LogP contribution in [0.2, 0.25) is 0 Å². The van der Waals surface area contributed by atoms with E-state index >= 15 is 0 Å². The number of benzene rings is 1. The molecule has 1 amide bonds. The molecule has 1 aliphatic rings. The zero-order valence-electron chi connectivity index (χ0n) is 11.5. The van der Waals surface area contributed by atoms with Gasteiger partial charge in [0, 0.05) is 0 Å². The number of carbonyl (C=O) groups excluding carboxylic acids is 1. The Morgan fingerprint density at radius 1 is 1.35 bits per heavy atom. The Kier molecular flexibility index (Phi) is 4.39. The smallest absolute Gasteiger partial charge is 0.329 e. The zero-order valence-corrected chi connectivity index (χ0v) is 11.5. The van der Waals surface area contributed by atoms with E-state index in [1.807, 2.05) is 30.3 Å². The van der Waals surface area contributed by atoms with E-state index in [0.717, 1.165) is 12.0 Å². The minimum absolute atomic E-state index is 0.329. The van der Waals surface area contributed by atoms with E-state index in [2.05, 4.69) is 5.32 Å². The minimum atomic E-state index is -1.08. The first-order valence-corrected chi connectivity index (χ1v) is 6.74. The largest absolute Gasteiger partial charge is 0.480 e. The third-order valence-corrected chi connectivity index (χ3v) is 3.69. The number of carbonyl (C=O) groups is 2. The van der Waals surface area contributed by atoms with Gasteiger partial charge in [-0.2, -0.15) is 0 Å². The van der Waals surface area contributed by atoms with Gasteiger partial charge in [0.15, 0.2) is 0 Å². The Morgan fingerprint density at radius 2 is 2.00 bits per heavy atom. The van der Waals surface area contributed by atoms with Gasteiger partial charge in [-0.1, -0.05) is 30.3 Å². The molecule has 20 heavy (non-hydrogen) atoms. The van der Waals surface area contributed by atoms with Crippen molar-refractivity contribution in [3.05, 3.63) is 35.9 Å². The second-order valence-corrected chi connectivity index (χ2v) is 5.17. The van der Waals surface area contributed by atoms with E-state index in [9.17, 15) is 9.59 Å². The predicted molar refractivity (Wildman–Crippen MR) is 73.1 cm³/mol. The summed E-state index contributed by atoms with van der Waals surface area (Å²) in [5.74, 6) is -1.34. The summed E-state index contributed by atoms with van der Waals surface area (Å²) in [6, 6.07) is 9.53. The van der Waals surface area contributed by atoms with Gasteiger partial charge in [-0.3, -0.25) is 4.79 Å². The molecule has 0 aromatic heterocycles. The molecule has 1 fully saturated rings. The van der Waals surface area contributed by atoms with Crippen molar-refractivity contribution in [2.75, 3.05) is 0 Å². The molecule has 2 rings (SSSR count). The maximum absolute atomic E-state index is 12.0. The number of nitrogens with one attached hydrogen (secondary N) is 1. The van der Waals surface area contributed by atoms with E-state index in [-0.39, 0.29) is 5.91 Å². The summed E-state index contributed by atoms with van der Waals surface area (Å²) in [4.78, 5) is 23.2. The Hall–Kier alpha value is -1.88. The third kappa shape index (κ3) is 3.17. The summed E-state index contributed by atoms with van der Waals surface area (Å²) < 4.78 is 5.48. The minimum Gasteiger partial charge on any atom is -0.480 e. The van der Waals surface area contributed by atoms with E-state index in [4.69, 9.17) is 9.84 Å². The van der Waals surface area contributed by atoms with Gasteiger partial charge in [0.2, 0.25) is 5.91 Å². The maximum Gasteiger partial charge on any atom is 0.329 e. The van der Waals surface area contributed by atoms with E-state index in [1.54, 1.807) is 6.92 Å². The molecule has 0 bridgehead atoms. The van der Waals surface area contributed by atoms with Crippen LogP contribution in [0.4, 0.5) is 0 Å². The van der Waals surface area contributed by atoms with E-state index in [1.165, 1.54) is 0 Å². The lowest BCUT2D eigenvalue weighted by Gasteiger charge is -2.38. The van der Waals surface area contributed by atoms with Crippen LogP contribution in [-0.2, 0) is 20.9 Å². The van der Waals surface area contributed by atoms with Crippen LogP contribution in [-0.4, -0.2) is 28.6 Å². The highest BCUT2D eigenvalue weighted by Gasteiger charge is 2.46. The second-order valence-electron chi connectivity index (χ2n) is 5.17. The third-order valence-electron chi connectivity index (χ3n) is 3.69. The van der Waals surface area contributed by atoms with Crippen molar-refractivity contribution >= 4 is 11.9 Å². The fourth-order valence-electron chi connectivity index (χ4n) is 2.13. The van der Waals surface area contributed by atoms with Crippen LogP contribution in [0.1, 0.15) is 31.7 Å². The molecular formula is C15H19NO4. The van der Waals surface area contributed by atoms with Crippen LogP contribution in [0.15, 0.2) is 30.3 Å². The van der Waals surface area contributed by atoms with Crippen LogP contribution >= 0.6 is 0 Å². The van der Waals surface area contributed by atoms with Crippen molar-refractivity contribution in [2.24, 2.45) is 0 Å². The van der Waals surface area contributed by atoms with Crippen molar-refractivity contribution in [1.82, 2.24) is 5.32 Å². The number of carboxylic acids is 1. The lowest BCUT2D eigenvalue weighted by molar-refractivity contribution is -0.154. The van der Waals surface area contributed by atoms with Crippen molar-refractivity contribution in [3.63, 3.8) is 0 Å². The first-order chi connectivity index (χ1) is 9.53. The average molecular weight is 277 g/mol. The number of hydrogen-bond acceptors (Lipinski definition) is 3. The SMILES string of the molecule is CC(OCc1ccccc1)C(=O)NC1(C(=O)O)CCC1. The highest BCUT2D eigenvalue weighted by molar-refractivity contribution is 5.89. The van der Waals surface area contributed by atoms with Crippen LogP contribution in [0.5, 0.6) is 0 Å². The fourth-order valence-corrected chi connectivity index (χ4v) is 2.13. The summed E-state index contributed by atoms with van der Waals surface area (Å²) >= 11 is 0. The lowest BCUT2D eigenvalue weighted by Crippen LogP contribution is -2.60. The summed E-state index contributed by atoms with van der Waals surface area (Å²) in [6.07, 6.45) is 1.12. The molecule has 0 spiro atoms. The molecule has 1 aromatic carbocycles. The van der Waals surface area contributed by atoms with Crippen LogP contribution in [0.25, 0.3) is 0 Å². The average Bonchev–Trinajstić information content (AvgIpc) is 2.40. The Morgan fingerprint density at radius 3 is 2.50 bits per heavy atom. The molecule has 0 radical (unpaired) electrons. The molecular weight excluding hydrogens is 258 g/mol. The predicted octanol–water partition coefficient (Wildman–Crippen LogP) is 1.72. The van der Waals surface area contributed by atoms with Gasteiger partial charge in [-0.05, 0) is 31.7 Å². The maximum atomic E-state index is 12.0. The first kappa shape index (κ1) is 14.5. The van der Waals surface area contributed by atoms with Gasteiger partial charge < -0.3 is 15.2 Å². The summed E-state index contributed by atoms with van der Waals surface area (Å²) in [7, 11) is 0. The molecule has 108 valence electrons. The Balaban J connectivity index is 1.84. The number of carboxylic acid groups (broad SMARTS) is 1. The molecule has 0 heterocycles. The van der Waals surface area contributed by atoms with Gasteiger partial charge in [-0.25, -0.2) is 4.79 Å². The molecule has 5 heteroatoms. The number of rotatable bonds is 6. The van der Waals surface area contributed by atoms with E-state index < -0.39 is 17.6 Å². The monoisotopic (exact) mass is 277 g/mol. The molecule has 1 aliphatic carbocycles. The molecule has 0 aliphatic heterocycles. The van der Waals surface area contributed by atoms with Crippen molar-refractivity contribution in [2.45, 2.75) is 44.4 Å². The molecule has 1 aromatic rings. The standard InChI is InChI=1S/C15H19NO4/c1-11(20-10-12-6-3-2-4-7-12)13(17)16-15(14(18)19)8-5-9-15/h2-4,6-7,11H,5,8-10H2,1H3,(H,16,17)(H,18,19). The van der Waals surface area contributed by atoms with E-state index in [0.29, 0.717) is 19.4 Å². The molecule has 1 unspecified atom stereocenters. The molecule has 1 saturated carbocycles. The van der Waals surface area contributed by atoms with Crippen molar-refractivity contribution in [1.29, 1.82) is 0 Å². The number of amides is 1. The molecule has 1 atom stereocenters. The summed E-state index contributed by atoms with van der Waals surface area (Å²) in [5.41, 5.74) is -0.106. The van der Waals surface area contributed by atoms with Crippen molar-refractivity contribution < 1.29 is 19.4 Å². The van der Waals surface area contributed by atoms with Gasteiger partial charge in [0.25, 0.3) is 0 Å².